The van der Waals surface area contributed by atoms with Crippen LogP contribution in [-0.2, 0) is 11.3 Å². The quantitative estimate of drug-likeness (QED) is 0.858. The van der Waals surface area contributed by atoms with Crippen LogP contribution in [0.2, 0.25) is 0 Å². The van der Waals surface area contributed by atoms with Gasteiger partial charge in [-0.2, -0.15) is 0 Å². The Morgan fingerprint density at radius 1 is 1.16 bits per heavy atom. The number of hydrogen-bond donors (Lipinski definition) is 2. The summed E-state index contributed by atoms with van der Waals surface area (Å²) >= 11 is 0. The van der Waals surface area contributed by atoms with E-state index in [-0.39, 0.29) is 5.91 Å². The molecule has 0 aliphatic carbocycles. The predicted molar refractivity (Wildman–Crippen MR) is 76.3 cm³/mol. The molecule has 100 valence electrons. The molecule has 2 aromatic rings. The minimum Gasteiger partial charge on any atom is -0.496 e. The fourth-order valence-corrected chi connectivity index (χ4v) is 2.07. The van der Waals surface area contributed by atoms with Gasteiger partial charge in [0.25, 0.3) is 0 Å². The fourth-order valence-electron chi connectivity index (χ4n) is 2.07. The first-order chi connectivity index (χ1) is 9.26. The summed E-state index contributed by atoms with van der Waals surface area (Å²) in [5, 5.41) is 7.95. The third kappa shape index (κ3) is 3.03. The van der Waals surface area contributed by atoms with Crippen LogP contribution in [0, 0.1) is 0 Å². The summed E-state index contributed by atoms with van der Waals surface area (Å²) in [5.74, 6) is 0.850. The summed E-state index contributed by atoms with van der Waals surface area (Å²) in [6, 6.07) is 12.1. The van der Waals surface area contributed by atoms with E-state index in [4.69, 9.17) is 4.74 Å². The molecule has 2 N–H and O–H groups in total. The number of rotatable bonds is 5. The number of likely N-dealkylation sites (N-methyl/N-ethyl adjacent to an activating group) is 1. The molecule has 0 fully saturated rings. The molecule has 2 rings (SSSR count). The van der Waals surface area contributed by atoms with Crippen LogP contribution in [0.5, 0.6) is 5.75 Å². The summed E-state index contributed by atoms with van der Waals surface area (Å²) in [6.45, 7) is 0.967. The van der Waals surface area contributed by atoms with Gasteiger partial charge in [0.15, 0.2) is 0 Å². The van der Waals surface area contributed by atoms with E-state index >= 15 is 0 Å². The van der Waals surface area contributed by atoms with E-state index < -0.39 is 0 Å². The van der Waals surface area contributed by atoms with Crippen LogP contribution in [-0.4, -0.2) is 26.6 Å². The van der Waals surface area contributed by atoms with Gasteiger partial charge >= 0.3 is 0 Å². The summed E-state index contributed by atoms with van der Waals surface area (Å²) in [7, 11) is 3.30. The first-order valence-electron chi connectivity index (χ1n) is 6.22. The van der Waals surface area contributed by atoms with E-state index in [1.807, 2.05) is 30.3 Å². The highest BCUT2D eigenvalue weighted by Crippen LogP contribution is 2.28. The van der Waals surface area contributed by atoms with Gasteiger partial charge in [-0.05, 0) is 17.0 Å². The van der Waals surface area contributed by atoms with Crippen molar-refractivity contribution in [3.63, 3.8) is 0 Å². The van der Waals surface area contributed by atoms with Crippen LogP contribution in [0.1, 0.15) is 5.56 Å². The highest BCUT2D eigenvalue weighted by molar-refractivity contribution is 5.91. The number of nitrogens with one attached hydrogen (secondary N) is 2. The molecule has 1 amide bonds. The number of carbonyl (C=O) groups is 1. The maximum atomic E-state index is 11.2. The largest absolute Gasteiger partial charge is 0.496 e. The molecule has 0 bridgehead atoms. The van der Waals surface area contributed by atoms with Gasteiger partial charge in [-0.3, -0.25) is 4.79 Å². The van der Waals surface area contributed by atoms with Gasteiger partial charge < -0.3 is 15.4 Å². The van der Waals surface area contributed by atoms with Crippen molar-refractivity contribution in [1.29, 1.82) is 0 Å². The lowest BCUT2D eigenvalue weighted by Crippen LogP contribution is -2.31. The van der Waals surface area contributed by atoms with Crippen molar-refractivity contribution in [2.24, 2.45) is 0 Å². The SMILES string of the molecule is CNC(=O)CNCc1ccc(OC)c2ccccc12. The van der Waals surface area contributed by atoms with E-state index in [1.54, 1.807) is 14.2 Å². The maximum absolute atomic E-state index is 11.2. The Kier molecular flexibility index (Phi) is 4.36. The molecule has 4 heteroatoms. The van der Waals surface area contributed by atoms with Gasteiger partial charge in [0.2, 0.25) is 5.91 Å². The number of hydrogen-bond acceptors (Lipinski definition) is 3. The Labute approximate surface area is 112 Å². The standard InChI is InChI=1S/C15H18N2O2/c1-16-15(18)10-17-9-11-7-8-14(19-2)13-6-4-3-5-12(11)13/h3-8,17H,9-10H2,1-2H3,(H,16,18). The van der Waals surface area contributed by atoms with Gasteiger partial charge in [0.1, 0.15) is 5.75 Å². The van der Waals surface area contributed by atoms with E-state index in [0.29, 0.717) is 13.1 Å². The zero-order valence-electron chi connectivity index (χ0n) is 11.2. The minimum absolute atomic E-state index is 0.0159. The monoisotopic (exact) mass is 258 g/mol. The van der Waals surface area contributed by atoms with Crippen LogP contribution >= 0.6 is 0 Å². The first-order valence-corrected chi connectivity index (χ1v) is 6.22. The van der Waals surface area contributed by atoms with Crippen molar-refractivity contribution >= 4 is 16.7 Å². The fraction of sp³-hybridized carbons (Fsp3) is 0.267. The van der Waals surface area contributed by atoms with Gasteiger partial charge in [-0.25, -0.2) is 0 Å². The van der Waals surface area contributed by atoms with E-state index in [1.165, 1.54) is 0 Å². The molecular weight excluding hydrogens is 240 g/mol. The lowest BCUT2D eigenvalue weighted by atomic mass is 10.0. The molecule has 0 spiro atoms. The Hall–Kier alpha value is -2.07. The first kappa shape index (κ1) is 13.4. The molecule has 0 atom stereocenters. The molecule has 2 aromatic carbocycles. The zero-order valence-corrected chi connectivity index (χ0v) is 11.2. The second-order valence-electron chi connectivity index (χ2n) is 4.25. The van der Waals surface area contributed by atoms with E-state index in [2.05, 4.69) is 16.7 Å². The maximum Gasteiger partial charge on any atom is 0.233 e. The molecule has 0 aliphatic rings. The van der Waals surface area contributed by atoms with Gasteiger partial charge in [0, 0.05) is 19.0 Å². The predicted octanol–water partition coefficient (Wildman–Crippen LogP) is 1.68. The molecule has 0 saturated heterocycles. The Bertz CT molecular complexity index is 581. The Balaban J connectivity index is 2.22. The van der Waals surface area contributed by atoms with Crippen molar-refractivity contribution < 1.29 is 9.53 Å². The molecule has 4 nitrogen and oxygen atoms in total. The highest BCUT2D eigenvalue weighted by Gasteiger charge is 2.06. The average molecular weight is 258 g/mol. The normalized spacial score (nSPS) is 10.4. The number of fused-ring (bicyclic) bond motifs is 1. The summed E-state index contributed by atoms with van der Waals surface area (Å²) < 4.78 is 5.36. The highest BCUT2D eigenvalue weighted by atomic mass is 16.5. The van der Waals surface area contributed by atoms with Crippen LogP contribution in [0.4, 0.5) is 0 Å². The lowest BCUT2D eigenvalue weighted by molar-refractivity contribution is -0.119. The summed E-state index contributed by atoms with van der Waals surface area (Å²) in [6.07, 6.45) is 0. The van der Waals surface area contributed by atoms with Gasteiger partial charge in [0.05, 0.1) is 13.7 Å². The topological polar surface area (TPSA) is 50.4 Å². The number of methoxy groups -OCH3 is 1. The number of ether oxygens (including phenoxy) is 1. The number of amides is 1. The van der Waals surface area contributed by atoms with Gasteiger partial charge in [-0.1, -0.05) is 30.3 Å². The summed E-state index contributed by atoms with van der Waals surface area (Å²) in [4.78, 5) is 11.2. The molecule has 0 radical (unpaired) electrons. The van der Waals surface area contributed by atoms with Gasteiger partial charge in [-0.15, -0.1) is 0 Å². The smallest absolute Gasteiger partial charge is 0.233 e. The van der Waals surface area contributed by atoms with Crippen LogP contribution in [0.25, 0.3) is 10.8 Å². The number of benzene rings is 2. The van der Waals surface area contributed by atoms with Crippen molar-refractivity contribution in [3.05, 3.63) is 42.0 Å². The zero-order chi connectivity index (χ0) is 13.7. The van der Waals surface area contributed by atoms with Crippen molar-refractivity contribution in [2.45, 2.75) is 6.54 Å². The molecule has 0 saturated carbocycles. The Morgan fingerprint density at radius 2 is 1.89 bits per heavy atom. The number of carbonyl (C=O) groups excluding carboxylic acids is 1. The van der Waals surface area contributed by atoms with Crippen molar-refractivity contribution in [3.8, 4) is 5.75 Å². The minimum atomic E-state index is -0.0159. The van der Waals surface area contributed by atoms with Crippen molar-refractivity contribution in [2.75, 3.05) is 20.7 Å². The second kappa shape index (κ2) is 6.20. The second-order valence-corrected chi connectivity index (χ2v) is 4.25. The average Bonchev–Trinajstić information content (AvgIpc) is 2.47. The molecule has 0 heterocycles. The van der Waals surface area contributed by atoms with Crippen molar-refractivity contribution in [1.82, 2.24) is 10.6 Å². The lowest BCUT2D eigenvalue weighted by Gasteiger charge is -2.11. The Morgan fingerprint density at radius 3 is 2.58 bits per heavy atom. The molecule has 0 aliphatic heterocycles. The van der Waals surface area contributed by atoms with Crippen LogP contribution < -0.4 is 15.4 Å². The molecular formula is C15H18N2O2. The third-order valence-electron chi connectivity index (χ3n) is 3.07. The molecule has 19 heavy (non-hydrogen) atoms. The molecule has 0 unspecified atom stereocenters. The van der Waals surface area contributed by atoms with E-state index in [0.717, 1.165) is 22.1 Å². The third-order valence-corrected chi connectivity index (χ3v) is 3.07. The van der Waals surface area contributed by atoms with E-state index in [9.17, 15) is 4.79 Å². The van der Waals surface area contributed by atoms with Crippen LogP contribution in [0.3, 0.4) is 0 Å². The van der Waals surface area contributed by atoms with Crippen LogP contribution in [0.15, 0.2) is 36.4 Å². The summed E-state index contributed by atoms with van der Waals surface area (Å²) in [5.41, 5.74) is 1.15. The molecule has 0 aromatic heterocycles.